The van der Waals surface area contributed by atoms with E-state index in [1.54, 1.807) is 0 Å². The van der Waals surface area contributed by atoms with E-state index in [2.05, 4.69) is 5.32 Å². The number of nitrogens with one attached hydrogen (secondary N) is 1. The molecule has 0 spiro atoms. The van der Waals surface area contributed by atoms with E-state index >= 15 is 0 Å². The van der Waals surface area contributed by atoms with Crippen molar-refractivity contribution in [2.75, 3.05) is 20.3 Å². The smallest absolute Gasteiger partial charge is 0.251 e. The summed E-state index contributed by atoms with van der Waals surface area (Å²) >= 11 is 12.0. The third kappa shape index (κ3) is 4.54. The van der Waals surface area contributed by atoms with Gasteiger partial charge in [-0.2, -0.15) is 0 Å². The van der Waals surface area contributed by atoms with Crippen LogP contribution in [0.25, 0.3) is 0 Å². The Morgan fingerprint density at radius 2 is 2.00 bits per heavy atom. The van der Waals surface area contributed by atoms with Gasteiger partial charge in [0.25, 0.3) is 5.91 Å². The van der Waals surface area contributed by atoms with Gasteiger partial charge < -0.3 is 15.2 Å². The van der Waals surface area contributed by atoms with Gasteiger partial charge in [0.05, 0.1) is 17.2 Å². The highest BCUT2D eigenvalue weighted by atomic mass is 35.5. The Bertz CT molecular complexity index is 443. The molecule has 0 heterocycles. The summed E-state index contributed by atoms with van der Waals surface area (Å²) in [6.07, 6.45) is 1.56. The van der Waals surface area contributed by atoms with E-state index in [4.69, 9.17) is 33.0 Å². The van der Waals surface area contributed by atoms with Gasteiger partial charge in [0.2, 0.25) is 0 Å². The first-order valence-corrected chi connectivity index (χ1v) is 7.21. The van der Waals surface area contributed by atoms with E-state index in [0.717, 1.165) is 6.42 Å². The molecule has 0 aromatic heterocycles. The van der Waals surface area contributed by atoms with Gasteiger partial charge in [0.1, 0.15) is 0 Å². The number of rotatable bonds is 7. The van der Waals surface area contributed by atoms with Gasteiger partial charge in [-0.05, 0) is 24.5 Å². The van der Waals surface area contributed by atoms with Gasteiger partial charge in [-0.15, -0.1) is 0 Å². The second-order valence-electron chi connectivity index (χ2n) is 4.47. The van der Waals surface area contributed by atoms with Crippen LogP contribution in [-0.4, -0.2) is 31.3 Å². The highest BCUT2D eigenvalue weighted by Crippen LogP contribution is 2.33. The fourth-order valence-electron chi connectivity index (χ4n) is 1.86. The lowest BCUT2D eigenvalue weighted by Gasteiger charge is -2.15. The normalized spacial score (nSPS) is 12.1. The van der Waals surface area contributed by atoms with E-state index in [9.17, 15) is 4.79 Å². The molecule has 1 amide bonds. The third-order valence-corrected chi connectivity index (χ3v) is 3.69. The van der Waals surface area contributed by atoms with Gasteiger partial charge in [-0.3, -0.25) is 4.79 Å². The number of aliphatic hydroxyl groups excluding tert-OH is 1. The summed E-state index contributed by atoms with van der Waals surface area (Å²) in [5.41, 5.74) is 0.389. The van der Waals surface area contributed by atoms with Crippen molar-refractivity contribution >= 4 is 29.1 Å². The second kappa shape index (κ2) is 8.35. The van der Waals surface area contributed by atoms with Crippen LogP contribution in [0.3, 0.4) is 0 Å². The standard InChI is InChI=1S/C14H19Cl2NO3/c1-3-9(4-5-18)8-17-14(19)10-6-11(15)13(20-2)12(16)7-10/h6-7,9,18H,3-5,8H2,1-2H3,(H,17,19). The van der Waals surface area contributed by atoms with E-state index in [1.807, 2.05) is 6.92 Å². The molecule has 0 radical (unpaired) electrons. The number of benzene rings is 1. The molecule has 1 atom stereocenters. The predicted octanol–water partition coefficient (Wildman–Crippen LogP) is 3.14. The number of carbonyl (C=O) groups is 1. The molecule has 0 saturated carbocycles. The van der Waals surface area contributed by atoms with Crippen molar-refractivity contribution in [3.05, 3.63) is 27.7 Å². The zero-order valence-electron chi connectivity index (χ0n) is 11.6. The number of halogens is 2. The Balaban J connectivity index is 2.73. The van der Waals surface area contributed by atoms with Gasteiger partial charge >= 0.3 is 0 Å². The fourth-order valence-corrected chi connectivity index (χ4v) is 2.50. The first kappa shape index (κ1) is 17.1. The fraction of sp³-hybridized carbons (Fsp3) is 0.500. The molecule has 112 valence electrons. The summed E-state index contributed by atoms with van der Waals surface area (Å²) in [6, 6.07) is 3.04. The molecule has 0 aliphatic carbocycles. The Hall–Kier alpha value is -0.970. The molecular weight excluding hydrogens is 301 g/mol. The zero-order chi connectivity index (χ0) is 15.1. The van der Waals surface area contributed by atoms with Crippen molar-refractivity contribution in [2.24, 2.45) is 5.92 Å². The van der Waals surface area contributed by atoms with E-state index < -0.39 is 0 Å². The van der Waals surface area contributed by atoms with Crippen molar-refractivity contribution in [3.63, 3.8) is 0 Å². The molecule has 0 aliphatic rings. The lowest BCUT2D eigenvalue weighted by Crippen LogP contribution is -2.29. The maximum absolute atomic E-state index is 12.0. The van der Waals surface area contributed by atoms with Crippen LogP contribution in [0.5, 0.6) is 5.75 Å². The Kier molecular flexibility index (Phi) is 7.13. The Morgan fingerprint density at radius 1 is 1.40 bits per heavy atom. The molecule has 1 aromatic carbocycles. The summed E-state index contributed by atoms with van der Waals surface area (Å²) < 4.78 is 5.03. The highest BCUT2D eigenvalue weighted by molar-refractivity contribution is 6.37. The first-order valence-electron chi connectivity index (χ1n) is 6.45. The van der Waals surface area contributed by atoms with Crippen LogP contribution in [0, 0.1) is 5.92 Å². The van der Waals surface area contributed by atoms with Crippen molar-refractivity contribution in [3.8, 4) is 5.75 Å². The van der Waals surface area contributed by atoms with Crippen LogP contribution in [0.1, 0.15) is 30.1 Å². The number of carbonyl (C=O) groups excluding carboxylic acids is 1. The average molecular weight is 320 g/mol. The van der Waals surface area contributed by atoms with Crippen LogP contribution < -0.4 is 10.1 Å². The molecule has 1 rings (SSSR count). The zero-order valence-corrected chi connectivity index (χ0v) is 13.1. The van der Waals surface area contributed by atoms with Gasteiger partial charge in [0.15, 0.2) is 5.75 Å². The third-order valence-electron chi connectivity index (χ3n) is 3.13. The molecule has 20 heavy (non-hydrogen) atoms. The minimum Gasteiger partial charge on any atom is -0.494 e. The van der Waals surface area contributed by atoms with Gasteiger partial charge in [-0.1, -0.05) is 36.5 Å². The van der Waals surface area contributed by atoms with Crippen molar-refractivity contribution in [1.82, 2.24) is 5.32 Å². The van der Waals surface area contributed by atoms with Gasteiger partial charge in [-0.25, -0.2) is 0 Å². The lowest BCUT2D eigenvalue weighted by molar-refractivity contribution is 0.0943. The van der Waals surface area contributed by atoms with Crippen LogP contribution in [0.2, 0.25) is 10.0 Å². The number of ether oxygens (including phenoxy) is 1. The molecule has 0 bridgehead atoms. The van der Waals surface area contributed by atoms with Crippen molar-refractivity contribution in [2.45, 2.75) is 19.8 Å². The van der Waals surface area contributed by atoms with E-state index in [-0.39, 0.29) is 18.4 Å². The average Bonchev–Trinajstić information content (AvgIpc) is 2.42. The molecular formula is C14H19Cl2NO3. The summed E-state index contributed by atoms with van der Waals surface area (Å²) in [5, 5.41) is 12.3. The Labute approximate surface area is 129 Å². The summed E-state index contributed by atoms with van der Waals surface area (Å²) in [4.78, 5) is 12.0. The van der Waals surface area contributed by atoms with Crippen molar-refractivity contribution in [1.29, 1.82) is 0 Å². The monoisotopic (exact) mass is 319 g/mol. The summed E-state index contributed by atoms with van der Waals surface area (Å²) in [7, 11) is 1.47. The number of methoxy groups -OCH3 is 1. The lowest BCUT2D eigenvalue weighted by atomic mass is 10.0. The number of amides is 1. The van der Waals surface area contributed by atoms with Crippen LogP contribution in [0.15, 0.2) is 12.1 Å². The maximum atomic E-state index is 12.0. The Morgan fingerprint density at radius 3 is 2.45 bits per heavy atom. The predicted molar refractivity (Wildman–Crippen MR) is 80.8 cm³/mol. The minimum atomic E-state index is -0.243. The van der Waals surface area contributed by atoms with E-state index in [1.165, 1.54) is 19.2 Å². The maximum Gasteiger partial charge on any atom is 0.251 e. The van der Waals surface area contributed by atoms with Crippen LogP contribution in [-0.2, 0) is 0 Å². The highest BCUT2D eigenvalue weighted by Gasteiger charge is 2.14. The van der Waals surface area contributed by atoms with Crippen molar-refractivity contribution < 1.29 is 14.6 Å². The first-order chi connectivity index (χ1) is 9.53. The van der Waals surface area contributed by atoms with Crippen LogP contribution >= 0.6 is 23.2 Å². The summed E-state index contributed by atoms with van der Waals surface area (Å²) in [6.45, 7) is 2.65. The SMILES string of the molecule is CCC(CCO)CNC(=O)c1cc(Cl)c(OC)c(Cl)c1. The summed E-state index contributed by atoms with van der Waals surface area (Å²) in [5.74, 6) is 0.373. The number of aliphatic hydroxyl groups is 1. The minimum absolute atomic E-state index is 0.120. The van der Waals surface area contributed by atoms with Gasteiger partial charge in [0, 0.05) is 18.7 Å². The molecule has 2 N–H and O–H groups in total. The topological polar surface area (TPSA) is 58.6 Å². The quantitative estimate of drug-likeness (QED) is 0.811. The molecule has 1 unspecified atom stereocenters. The molecule has 0 saturated heterocycles. The molecule has 1 aromatic rings. The molecule has 6 heteroatoms. The van der Waals surface area contributed by atoms with Crippen LogP contribution in [0.4, 0.5) is 0 Å². The molecule has 0 fully saturated rings. The largest absolute Gasteiger partial charge is 0.494 e. The van der Waals surface area contributed by atoms with E-state index in [0.29, 0.717) is 34.3 Å². The molecule has 4 nitrogen and oxygen atoms in total. The number of hydrogen-bond acceptors (Lipinski definition) is 3. The second-order valence-corrected chi connectivity index (χ2v) is 5.28. The molecule has 0 aliphatic heterocycles. The number of hydrogen-bond donors (Lipinski definition) is 2.